The first-order valence-corrected chi connectivity index (χ1v) is 7.70. The van der Waals surface area contributed by atoms with Gasteiger partial charge in [0.1, 0.15) is 5.69 Å². The molecule has 24 heavy (non-hydrogen) atoms. The summed E-state index contributed by atoms with van der Waals surface area (Å²) in [5.74, 6) is 0. The summed E-state index contributed by atoms with van der Waals surface area (Å²) >= 11 is 0. The number of hydrogen-bond acceptors (Lipinski definition) is 4. The van der Waals surface area contributed by atoms with Crippen LogP contribution >= 0.6 is 0 Å². The molecule has 124 valence electrons. The molecule has 0 radical (unpaired) electrons. The van der Waals surface area contributed by atoms with E-state index in [1.807, 2.05) is 35.8 Å². The standard InChI is InChI=1S/C17H17N3O4/c1-3-19-13-8-6-5-7-11(13)15-14(19)10-9-12(16(15)20(22)23)18-17(21)24-4-2/h5-10H,3-4H2,1-2H3,(H,18,21). The van der Waals surface area contributed by atoms with Gasteiger partial charge in [0.2, 0.25) is 0 Å². The Morgan fingerprint density at radius 3 is 2.62 bits per heavy atom. The van der Waals surface area contributed by atoms with Gasteiger partial charge < -0.3 is 9.30 Å². The number of amides is 1. The monoisotopic (exact) mass is 327 g/mol. The van der Waals surface area contributed by atoms with E-state index in [-0.39, 0.29) is 18.0 Å². The Morgan fingerprint density at radius 2 is 1.96 bits per heavy atom. The zero-order valence-electron chi connectivity index (χ0n) is 13.4. The molecule has 2 aromatic carbocycles. The van der Waals surface area contributed by atoms with Crippen molar-refractivity contribution in [1.29, 1.82) is 0 Å². The maximum Gasteiger partial charge on any atom is 0.411 e. The Hall–Kier alpha value is -3.09. The van der Waals surface area contributed by atoms with Crippen LogP contribution in [0.3, 0.4) is 0 Å². The predicted octanol–water partition coefficient (Wildman–Crippen LogP) is 4.29. The summed E-state index contributed by atoms with van der Waals surface area (Å²) in [5.41, 5.74) is 1.69. The number of para-hydroxylation sites is 1. The molecule has 0 aliphatic carbocycles. The van der Waals surface area contributed by atoms with Crippen molar-refractivity contribution in [2.45, 2.75) is 20.4 Å². The number of nitro groups is 1. The highest BCUT2D eigenvalue weighted by atomic mass is 16.6. The average molecular weight is 327 g/mol. The summed E-state index contributed by atoms with van der Waals surface area (Å²) in [4.78, 5) is 22.9. The van der Waals surface area contributed by atoms with Crippen LogP contribution in [0.25, 0.3) is 21.8 Å². The molecule has 0 unspecified atom stereocenters. The second-order valence-corrected chi connectivity index (χ2v) is 5.22. The molecule has 7 nitrogen and oxygen atoms in total. The molecular weight excluding hydrogens is 310 g/mol. The van der Waals surface area contributed by atoms with Gasteiger partial charge in [-0.25, -0.2) is 4.79 Å². The fraction of sp³-hybridized carbons (Fsp3) is 0.235. The highest BCUT2D eigenvalue weighted by molar-refractivity contribution is 6.15. The number of benzene rings is 2. The first kappa shape index (κ1) is 15.8. The number of nitrogens with zero attached hydrogens (tertiary/aromatic N) is 2. The first-order valence-electron chi connectivity index (χ1n) is 7.70. The lowest BCUT2D eigenvalue weighted by molar-refractivity contribution is -0.382. The van der Waals surface area contributed by atoms with Crippen LogP contribution in [0.15, 0.2) is 36.4 Å². The normalized spacial score (nSPS) is 10.9. The topological polar surface area (TPSA) is 86.4 Å². The molecular formula is C17H17N3O4. The van der Waals surface area contributed by atoms with E-state index < -0.39 is 11.0 Å². The Bertz CT molecular complexity index is 946. The van der Waals surface area contributed by atoms with E-state index in [1.54, 1.807) is 19.1 Å². The lowest BCUT2D eigenvalue weighted by atomic mass is 10.1. The van der Waals surface area contributed by atoms with E-state index in [0.717, 1.165) is 16.4 Å². The smallest absolute Gasteiger partial charge is 0.411 e. The lowest BCUT2D eigenvalue weighted by Gasteiger charge is -2.08. The quantitative estimate of drug-likeness (QED) is 0.572. The minimum absolute atomic E-state index is 0.121. The second kappa shape index (κ2) is 6.19. The van der Waals surface area contributed by atoms with Crippen LogP contribution in [0.1, 0.15) is 13.8 Å². The number of nitro benzene ring substituents is 1. The molecule has 0 fully saturated rings. The van der Waals surface area contributed by atoms with Crippen molar-refractivity contribution in [3.8, 4) is 0 Å². The molecule has 1 aromatic heterocycles. The molecule has 0 spiro atoms. The molecule has 7 heteroatoms. The highest BCUT2D eigenvalue weighted by Gasteiger charge is 2.25. The van der Waals surface area contributed by atoms with E-state index in [4.69, 9.17) is 4.74 Å². The van der Waals surface area contributed by atoms with E-state index in [2.05, 4.69) is 5.32 Å². The van der Waals surface area contributed by atoms with Gasteiger partial charge in [-0.05, 0) is 32.0 Å². The lowest BCUT2D eigenvalue weighted by Crippen LogP contribution is -2.14. The van der Waals surface area contributed by atoms with Crippen molar-refractivity contribution in [2.75, 3.05) is 11.9 Å². The third-order valence-corrected chi connectivity index (χ3v) is 3.92. The van der Waals surface area contributed by atoms with Gasteiger partial charge in [-0.2, -0.15) is 0 Å². The van der Waals surface area contributed by atoms with E-state index >= 15 is 0 Å². The summed E-state index contributed by atoms with van der Waals surface area (Å²) in [6.07, 6.45) is -0.709. The minimum atomic E-state index is -0.709. The van der Waals surface area contributed by atoms with Crippen LogP contribution in [0.5, 0.6) is 0 Å². The highest BCUT2D eigenvalue weighted by Crippen LogP contribution is 2.40. The van der Waals surface area contributed by atoms with Crippen LogP contribution in [0.2, 0.25) is 0 Å². The third kappa shape index (κ3) is 2.44. The van der Waals surface area contributed by atoms with Crippen molar-refractivity contribution >= 4 is 39.3 Å². The molecule has 0 aliphatic heterocycles. The third-order valence-electron chi connectivity index (χ3n) is 3.92. The van der Waals surface area contributed by atoms with Crippen molar-refractivity contribution in [3.05, 3.63) is 46.5 Å². The average Bonchev–Trinajstić information content (AvgIpc) is 2.88. The summed E-state index contributed by atoms with van der Waals surface area (Å²) in [5, 5.41) is 15.5. The summed E-state index contributed by atoms with van der Waals surface area (Å²) in [7, 11) is 0. The van der Waals surface area contributed by atoms with Gasteiger partial charge in [-0.3, -0.25) is 15.4 Å². The summed E-state index contributed by atoms with van der Waals surface area (Å²) in [6.45, 7) is 4.54. The number of aromatic nitrogens is 1. The van der Waals surface area contributed by atoms with Crippen LogP contribution in [-0.4, -0.2) is 22.2 Å². The van der Waals surface area contributed by atoms with Crippen LogP contribution in [0.4, 0.5) is 16.2 Å². The number of rotatable bonds is 4. The number of carbonyl (C=O) groups is 1. The van der Waals surface area contributed by atoms with Gasteiger partial charge in [-0.1, -0.05) is 18.2 Å². The molecule has 3 aromatic rings. The van der Waals surface area contributed by atoms with Crippen molar-refractivity contribution in [2.24, 2.45) is 0 Å². The minimum Gasteiger partial charge on any atom is -0.450 e. The Morgan fingerprint density at radius 1 is 1.21 bits per heavy atom. The van der Waals surface area contributed by atoms with Gasteiger partial charge in [0.25, 0.3) is 0 Å². The maximum atomic E-state index is 11.7. The zero-order chi connectivity index (χ0) is 17.3. The first-order chi connectivity index (χ1) is 11.6. The van der Waals surface area contributed by atoms with E-state index in [0.29, 0.717) is 11.9 Å². The van der Waals surface area contributed by atoms with Gasteiger partial charge >= 0.3 is 11.8 Å². The van der Waals surface area contributed by atoms with Crippen LogP contribution in [-0.2, 0) is 11.3 Å². The molecule has 1 heterocycles. The second-order valence-electron chi connectivity index (χ2n) is 5.22. The fourth-order valence-corrected chi connectivity index (χ4v) is 3.03. The number of carbonyl (C=O) groups excluding carboxylic acids is 1. The fourth-order valence-electron chi connectivity index (χ4n) is 3.03. The molecule has 1 N–H and O–H groups in total. The number of fused-ring (bicyclic) bond motifs is 3. The van der Waals surface area contributed by atoms with Gasteiger partial charge in [0.15, 0.2) is 0 Å². The Kier molecular flexibility index (Phi) is 4.07. The maximum absolute atomic E-state index is 11.7. The number of anilines is 1. The molecule has 0 bridgehead atoms. The van der Waals surface area contributed by atoms with Crippen molar-refractivity contribution in [3.63, 3.8) is 0 Å². The molecule has 0 saturated carbocycles. The van der Waals surface area contributed by atoms with Crippen molar-refractivity contribution in [1.82, 2.24) is 4.57 Å². The molecule has 0 aliphatic rings. The zero-order valence-corrected chi connectivity index (χ0v) is 13.4. The van der Waals surface area contributed by atoms with E-state index in [9.17, 15) is 14.9 Å². The number of ether oxygens (including phenoxy) is 1. The van der Waals surface area contributed by atoms with Crippen molar-refractivity contribution < 1.29 is 14.5 Å². The SMILES string of the molecule is CCOC(=O)Nc1ccc2c(c1[N+](=O)[O-])c1ccccc1n2CC. The Labute approximate surface area is 138 Å². The van der Waals surface area contributed by atoms with Crippen LogP contribution < -0.4 is 5.32 Å². The molecule has 1 amide bonds. The number of hydrogen-bond donors (Lipinski definition) is 1. The number of nitrogens with one attached hydrogen (secondary N) is 1. The van der Waals surface area contributed by atoms with Crippen LogP contribution in [0, 0.1) is 10.1 Å². The van der Waals surface area contributed by atoms with Gasteiger partial charge in [0.05, 0.1) is 22.4 Å². The van der Waals surface area contributed by atoms with Gasteiger partial charge in [0, 0.05) is 17.4 Å². The molecule has 3 rings (SSSR count). The number of aryl methyl sites for hydroxylation is 1. The van der Waals surface area contributed by atoms with E-state index in [1.165, 1.54) is 0 Å². The molecule has 0 saturated heterocycles. The predicted molar refractivity (Wildman–Crippen MR) is 92.4 cm³/mol. The largest absolute Gasteiger partial charge is 0.450 e. The summed E-state index contributed by atoms with van der Waals surface area (Å²) < 4.78 is 6.85. The Balaban J connectivity index is 2.33. The molecule has 0 atom stereocenters. The summed E-state index contributed by atoms with van der Waals surface area (Å²) in [6, 6.07) is 10.9. The van der Waals surface area contributed by atoms with Gasteiger partial charge in [-0.15, -0.1) is 0 Å².